The Morgan fingerprint density at radius 3 is 3.00 bits per heavy atom. The highest BCUT2D eigenvalue weighted by Crippen LogP contribution is 2.34. The normalized spacial score (nSPS) is 19.4. The molecule has 1 atom stereocenters. The van der Waals surface area contributed by atoms with E-state index in [2.05, 4.69) is 17.2 Å². The monoisotopic (exact) mass is 250 g/mol. The van der Waals surface area contributed by atoms with Crippen LogP contribution in [0.15, 0.2) is 12.1 Å². The maximum atomic E-state index is 6.13. The molecule has 0 bridgehead atoms. The number of hydrogen-bond donors (Lipinski definition) is 2. The third kappa shape index (κ3) is 1.70. The molecule has 1 aliphatic heterocycles. The zero-order valence-electron chi connectivity index (χ0n) is 9.93. The molecule has 90 valence electrons. The van der Waals surface area contributed by atoms with E-state index in [-0.39, 0.29) is 0 Å². The minimum absolute atomic E-state index is 0.521. The lowest BCUT2D eigenvalue weighted by Gasteiger charge is -2.20. The third-order valence-electron chi connectivity index (χ3n) is 3.40. The van der Waals surface area contributed by atoms with Crippen molar-refractivity contribution in [2.75, 3.05) is 7.11 Å². The Morgan fingerprint density at radius 1 is 1.41 bits per heavy atom. The number of hydrogen-bond acceptors (Lipinski definition) is 2. The Kier molecular flexibility index (Phi) is 2.53. The lowest BCUT2D eigenvalue weighted by Crippen LogP contribution is -2.32. The summed E-state index contributed by atoms with van der Waals surface area (Å²) in [5.74, 6) is 0.736. The van der Waals surface area contributed by atoms with Crippen molar-refractivity contribution >= 4 is 22.5 Å². The van der Waals surface area contributed by atoms with Crippen molar-refractivity contribution in [1.29, 1.82) is 0 Å². The summed E-state index contributed by atoms with van der Waals surface area (Å²) in [7, 11) is 1.65. The van der Waals surface area contributed by atoms with Gasteiger partial charge in [0.25, 0.3) is 0 Å². The predicted octanol–water partition coefficient (Wildman–Crippen LogP) is 2.86. The summed E-state index contributed by atoms with van der Waals surface area (Å²) in [6.45, 7) is 3.10. The molecule has 0 fully saturated rings. The summed E-state index contributed by atoms with van der Waals surface area (Å²) in [5.41, 5.74) is 3.75. The molecular formula is C13H15ClN2O. The number of rotatable bonds is 1. The molecule has 1 aromatic heterocycles. The lowest BCUT2D eigenvalue weighted by atomic mass is 10.0. The van der Waals surface area contributed by atoms with E-state index in [0.717, 1.165) is 24.2 Å². The fourth-order valence-electron chi connectivity index (χ4n) is 2.49. The van der Waals surface area contributed by atoms with Gasteiger partial charge in [0.2, 0.25) is 0 Å². The molecule has 2 aromatic rings. The van der Waals surface area contributed by atoms with E-state index in [9.17, 15) is 0 Å². The minimum atomic E-state index is 0.521. The van der Waals surface area contributed by atoms with Gasteiger partial charge in [-0.3, -0.25) is 0 Å². The van der Waals surface area contributed by atoms with Crippen LogP contribution in [-0.4, -0.2) is 18.1 Å². The van der Waals surface area contributed by atoms with Crippen molar-refractivity contribution in [2.45, 2.75) is 25.9 Å². The van der Waals surface area contributed by atoms with E-state index in [1.165, 1.54) is 16.6 Å². The highest BCUT2D eigenvalue weighted by molar-refractivity contribution is 6.32. The summed E-state index contributed by atoms with van der Waals surface area (Å²) in [6, 6.07) is 4.48. The molecule has 0 saturated heterocycles. The van der Waals surface area contributed by atoms with E-state index >= 15 is 0 Å². The van der Waals surface area contributed by atoms with Crippen molar-refractivity contribution in [3.8, 4) is 5.75 Å². The van der Waals surface area contributed by atoms with Crippen LogP contribution in [0.5, 0.6) is 5.75 Å². The van der Waals surface area contributed by atoms with E-state index in [0.29, 0.717) is 11.1 Å². The molecule has 0 aliphatic carbocycles. The summed E-state index contributed by atoms with van der Waals surface area (Å²) in [6.07, 6.45) is 1.03. The van der Waals surface area contributed by atoms with Crippen LogP contribution in [0.2, 0.25) is 5.02 Å². The first-order chi connectivity index (χ1) is 8.19. The standard InChI is InChI=1S/C13H15ClN2O/c1-7-3-11-9(6-15-7)8-4-13(17-2)10(14)5-12(8)16-11/h4-5,7,15-16H,3,6H2,1-2H3. The second kappa shape index (κ2) is 3.93. The average Bonchev–Trinajstić information content (AvgIpc) is 2.63. The van der Waals surface area contributed by atoms with Gasteiger partial charge in [-0.05, 0) is 24.6 Å². The van der Waals surface area contributed by atoms with Crippen LogP contribution in [0.1, 0.15) is 18.2 Å². The van der Waals surface area contributed by atoms with Gasteiger partial charge in [-0.2, -0.15) is 0 Å². The molecule has 3 nitrogen and oxygen atoms in total. The number of halogens is 1. The number of fused-ring (bicyclic) bond motifs is 3. The third-order valence-corrected chi connectivity index (χ3v) is 3.70. The Morgan fingerprint density at radius 2 is 2.24 bits per heavy atom. The van der Waals surface area contributed by atoms with Crippen LogP contribution in [0, 0.1) is 0 Å². The Labute approximate surface area is 105 Å². The van der Waals surface area contributed by atoms with Crippen LogP contribution in [0.25, 0.3) is 10.9 Å². The van der Waals surface area contributed by atoms with Crippen LogP contribution >= 0.6 is 11.6 Å². The summed E-state index contributed by atoms with van der Waals surface area (Å²) >= 11 is 6.13. The topological polar surface area (TPSA) is 37.0 Å². The molecule has 1 aromatic carbocycles. The summed E-state index contributed by atoms with van der Waals surface area (Å²) in [5, 5.41) is 5.34. The van der Waals surface area contributed by atoms with Crippen molar-refractivity contribution < 1.29 is 4.74 Å². The van der Waals surface area contributed by atoms with Gasteiger partial charge in [0, 0.05) is 35.6 Å². The van der Waals surface area contributed by atoms with E-state index in [1.54, 1.807) is 7.11 Å². The smallest absolute Gasteiger partial charge is 0.138 e. The number of aromatic nitrogens is 1. The predicted molar refractivity (Wildman–Crippen MR) is 69.9 cm³/mol. The second-order valence-corrected chi connectivity index (χ2v) is 5.01. The van der Waals surface area contributed by atoms with E-state index in [4.69, 9.17) is 16.3 Å². The molecule has 1 unspecified atom stereocenters. The van der Waals surface area contributed by atoms with Gasteiger partial charge in [-0.1, -0.05) is 11.6 Å². The zero-order valence-corrected chi connectivity index (χ0v) is 10.7. The first-order valence-electron chi connectivity index (χ1n) is 5.79. The van der Waals surface area contributed by atoms with Crippen LogP contribution in [0.3, 0.4) is 0 Å². The number of aromatic amines is 1. The largest absolute Gasteiger partial charge is 0.495 e. The van der Waals surface area contributed by atoms with Crippen molar-refractivity contribution in [1.82, 2.24) is 10.3 Å². The molecule has 0 radical (unpaired) electrons. The quantitative estimate of drug-likeness (QED) is 0.817. The van der Waals surface area contributed by atoms with Crippen molar-refractivity contribution in [3.63, 3.8) is 0 Å². The molecular weight excluding hydrogens is 236 g/mol. The van der Waals surface area contributed by atoms with Gasteiger partial charge in [0.1, 0.15) is 5.75 Å². The van der Waals surface area contributed by atoms with Crippen LogP contribution < -0.4 is 10.1 Å². The van der Waals surface area contributed by atoms with Gasteiger partial charge < -0.3 is 15.0 Å². The molecule has 0 saturated carbocycles. The Hall–Kier alpha value is -1.19. The van der Waals surface area contributed by atoms with Crippen LogP contribution in [0.4, 0.5) is 0 Å². The first-order valence-corrected chi connectivity index (χ1v) is 6.17. The van der Waals surface area contributed by atoms with Gasteiger partial charge >= 0.3 is 0 Å². The molecule has 0 spiro atoms. The van der Waals surface area contributed by atoms with Gasteiger partial charge in [0.05, 0.1) is 12.1 Å². The maximum absolute atomic E-state index is 6.13. The fourth-order valence-corrected chi connectivity index (χ4v) is 2.74. The Balaban J connectivity index is 2.22. The van der Waals surface area contributed by atoms with E-state index in [1.807, 2.05) is 12.1 Å². The SMILES string of the molecule is COc1cc2c3c([nH]c2cc1Cl)CC(C)NC3. The number of benzene rings is 1. The Bertz CT molecular complexity index is 576. The van der Waals surface area contributed by atoms with Gasteiger partial charge in [-0.25, -0.2) is 0 Å². The number of methoxy groups -OCH3 is 1. The minimum Gasteiger partial charge on any atom is -0.495 e. The maximum Gasteiger partial charge on any atom is 0.138 e. The zero-order chi connectivity index (χ0) is 12.0. The van der Waals surface area contributed by atoms with Gasteiger partial charge in [0.15, 0.2) is 0 Å². The summed E-state index contributed by atoms with van der Waals surface area (Å²) < 4.78 is 5.27. The molecule has 3 rings (SSSR count). The number of ether oxygens (including phenoxy) is 1. The molecule has 1 aliphatic rings. The highest BCUT2D eigenvalue weighted by Gasteiger charge is 2.20. The highest BCUT2D eigenvalue weighted by atomic mass is 35.5. The molecule has 0 amide bonds. The van der Waals surface area contributed by atoms with E-state index < -0.39 is 0 Å². The molecule has 17 heavy (non-hydrogen) atoms. The lowest BCUT2D eigenvalue weighted by molar-refractivity contribution is 0.415. The number of H-pyrrole nitrogens is 1. The van der Waals surface area contributed by atoms with Crippen molar-refractivity contribution in [2.24, 2.45) is 0 Å². The molecule has 2 heterocycles. The average molecular weight is 251 g/mol. The summed E-state index contributed by atoms with van der Waals surface area (Å²) in [4.78, 5) is 3.46. The fraction of sp³-hybridized carbons (Fsp3) is 0.385. The molecule has 4 heteroatoms. The number of nitrogens with one attached hydrogen (secondary N) is 2. The van der Waals surface area contributed by atoms with Crippen molar-refractivity contribution in [3.05, 3.63) is 28.4 Å². The molecule has 2 N–H and O–H groups in total. The first kappa shape index (κ1) is 10.9. The van der Waals surface area contributed by atoms with Gasteiger partial charge in [-0.15, -0.1) is 0 Å². The second-order valence-electron chi connectivity index (χ2n) is 4.60. The van der Waals surface area contributed by atoms with Crippen LogP contribution in [-0.2, 0) is 13.0 Å².